The van der Waals surface area contributed by atoms with Gasteiger partial charge in [0.2, 0.25) is 5.91 Å². The number of anilines is 1. The molecule has 92 valence electrons. The van der Waals surface area contributed by atoms with Crippen molar-refractivity contribution in [1.29, 1.82) is 0 Å². The number of hydrogen-bond donors (Lipinski definition) is 2. The van der Waals surface area contributed by atoms with E-state index in [0.29, 0.717) is 12.5 Å². The van der Waals surface area contributed by atoms with Crippen LogP contribution >= 0.6 is 11.8 Å². The molecular weight excluding hydrogens is 232 g/mol. The zero-order valence-electron chi connectivity index (χ0n) is 10.2. The summed E-state index contributed by atoms with van der Waals surface area (Å²) in [5, 5.41) is 2.90. The van der Waals surface area contributed by atoms with Crippen molar-refractivity contribution in [2.75, 3.05) is 11.9 Å². The van der Waals surface area contributed by atoms with Crippen LogP contribution in [0.5, 0.6) is 0 Å². The van der Waals surface area contributed by atoms with Crippen LogP contribution in [0.25, 0.3) is 0 Å². The molecule has 1 aromatic carbocycles. The Morgan fingerprint density at radius 2 is 2.29 bits per heavy atom. The normalized spacial score (nSPS) is 20.6. The van der Waals surface area contributed by atoms with Crippen LogP contribution in [0, 0.1) is 0 Å². The van der Waals surface area contributed by atoms with Crippen molar-refractivity contribution in [1.82, 2.24) is 0 Å². The third-order valence-electron chi connectivity index (χ3n) is 3.19. The maximum absolute atomic E-state index is 11.5. The second-order valence-electron chi connectivity index (χ2n) is 4.35. The molecule has 1 aromatic rings. The predicted octanol–water partition coefficient (Wildman–Crippen LogP) is 2.57. The summed E-state index contributed by atoms with van der Waals surface area (Å²) in [6.45, 7) is 4.74. The Morgan fingerprint density at radius 3 is 2.94 bits per heavy atom. The zero-order valence-corrected chi connectivity index (χ0v) is 11.0. The van der Waals surface area contributed by atoms with E-state index in [4.69, 9.17) is 5.73 Å². The summed E-state index contributed by atoms with van der Waals surface area (Å²) in [5.74, 6) is 0.495. The first kappa shape index (κ1) is 12.5. The highest BCUT2D eigenvalue weighted by Crippen LogP contribution is 2.37. The minimum absolute atomic E-state index is 0.0179. The first-order valence-corrected chi connectivity index (χ1v) is 6.85. The fraction of sp³-hybridized carbons (Fsp3) is 0.462. The van der Waals surface area contributed by atoms with E-state index >= 15 is 0 Å². The number of amides is 1. The summed E-state index contributed by atoms with van der Waals surface area (Å²) in [7, 11) is 0. The van der Waals surface area contributed by atoms with Gasteiger partial charge in [-0.3, -0.25) is 4.79 Å². The molecule has 2 atom stereocenters. The van der Waals surface area contributed by atoms with Crippen molar-refractivity contribution in [3.05, 3.63) is 23.8 Å². The van der Waals surface area contributed by atoms with E-state index in [0.717, 1.165) is 17.0 Å². The molecule has 0 saturated carbocycles. The Morgan fingerprint density at radius 1 is 1.53 bits per heavy atom. The van der Waals surface area contributed by atoms with Crippen LogP contribution in [0.1, 0.15) is 31.7 Å². The molecule has 0 bridgehead atoms. The zero-order chi connectivity index (χ0) is 12.4. The number of carbonyl (C=O) groups excluding carboxylic acids is 1. The van der Waals surface area contributed by atoms with E-state index in [1.54, 1.807) is 11.8 Å². The smallest absolute Gasteiger partial charge is 0.237 e. The number of rotatable bonds is 3. The molecule has 0 aromatic heterocycles. The van der Waals surface area contributed by atoms with Gasteiger partial charge in [-0.15, -0.1) is 11.8 Å². The molecule has 0 radical (unpaired) electrons. The highest BCUT2D eigenvalue weighted by Gasteiger charge is 2.23. The summed E-state index contributed by atoms with van der Waals surface area (Å²) >= 11 is 1.62. The first-order chi connectivity index (χ1) is 8.15. The van der Waals surface area contributed by atoms with Crippen LogP contribution in [0.3, 0.4) is 0 Å². The van der Waals surface area contributed by atoms with Gasteiger partial charge in [0.15, 0.2) is 0 Å². The molecule has 4 heteroatoms. The summed E-state index contributed by atoms with van der Waals surface area (Å²) in [6, 6.07) is 6.22. The summed E-state index contributed by atoms with van der Waals surface area (Å²) < 4.78 is 0. The Labute approximate surface area is 106 Å². The van der Waals surface area contributed by atoms with Crippen molar-refractivity contribution in [2.45, 2.75) is 36.3 Å². The van der Waals surface area contributed by atoms with Gasteiger partial charge in [0, 0.05) is 4.90 Å². The molecule has 3 N–H and O–H groups in total. The molecule has 1 aliphatic heterocycles. The second kappa shape index (κ2) is 5.10. The molecule has 0 saturated heterocycles. The van der Waals surface area contributed by atoms with E-state index in [-0.39, 0.29) is 11.2 Å². The Hall–Kier alpha value is -1.00. The van der Waals surface area contributed by atoms with Crippen molar-refractivity contribution in [2.24, 2.45) is 5.73 Å². The molecule has 0 aliphatic carbocycles. The Bertz CT molecular complexity index is 429. The van der Waals surface area contributed by atoms with Crippen LogP contribution in [0.4, 0.5) is 5.69 Å². The van der Waals surface area contributed by atoms with Crippen molar-refractivity contribution < 1.29 is 4.79 Å². The lowest BCUT2D eigenvalue weighted by Gasteiger charge is -2.23. The van der Waals surface area contributed by atoms with Gasteiger partial charge in [0.25, 0.3) is 0 Å². The highest BCUT2D eigenvalue weighted by atomic mass is 32.2. The number of fused-ring (bicyclic) bond motifs is 1. The largest absolute Gasteiger partial charge is 0.330 e. The minimum Gasteiger partial charge on any atom is -0.330 e. The second-order valence-corrected chi connectivity index (χ2v) is 5.73. The number of nitrogens with two attached hydrogens (primary N) is 1. The Balaban J connectivity index is 2.31. The van der Waals surface area contributed by atoms with E-state index < -0.39 is 0 Å². The first-order valence-electron chi connectivity index (χ1n) is 5.97. The molecule has 1 heterocycles. The molecule has 2 rings (SSSR count). The monoisotopic (exact) mass is 250 g/mol. The fourth-order valence-corrected chi connectivity index (χ4v) is 3.01. The lowest BCUT2D eigenvalue weighted by Crippen LogP contribution is -2.26. The number of nitrogens with one attached hydrogen (secondary N) is 1. The third-order valence-corrected chi connectivity index (χ3v) is 4.34. The third kappa shape index (κ3) is 2.48. The topological polar surface area (TPSA) is 55.1 Å². The lowest BCUT2D eigenvalue weighted by atomic mass is 9.96. The quantitative estimate of drug-likeness (QED) is 0.867. The van der Waals surface area contributed by atoms with Crippen molar-refractivity contribution in [3.63, 3.8) is 0 Å². The van der Waals surface area contributed by atoms with Gasteiger partial charge in [-0.1, -0.05) is 13.0 Å². The number of carbonyl (C=O) groups is 1. The fourth-order valence-electron chi connectivity index (χ4n) is 2.01. The van der Waals surface area contributed by atoms with Crippen LogP contribution in [-0.2, 0) is 4.79 Å². The molecule has 3 nitrogen and oxygen atoms in total. The van der Waals surface area contributed by atoms with Crippen LogP contribution in [-0.4, -0.2) is 17.7 Å². The SMILES string of the molecule is CCC(CN)c1ccc2c(c1)SC(C)C(=O)N2. The van der Waals surface area contributed by atoms with Crippen LogP contribution < -0.4 is 11.1 Å². The van der Waals surface area contributed by atoms with E-state index in [1.807, 2.05) is 13.0 Å². The lowest BCUT2D eigenvalue weighted by molar-refractivity contribution is -0.115. The van der Waals surface area contributed by atoms with Gasteiger partial charge < -0.3 is 11.1 Å². The van der Waals surface area contributed by atoms with E-state index in [2.05, 4.69) is 24.4 Å². The molecule has 1 amide bonds. The maximum atomic E-state index is 11.5. The van der Waals surface area contributed by atoms with Crippen molar-refractivity contribution in [3.8, 4) is 0 Å². The van der Waals surface area contributed by atoms with E-state index in [1.165, 1.54) is 5.56 Å². The summed E-state index contributed by atoms with van der Waals surface area (Å²) in [4.78, 5) is 12.7. The predicted molar refractivity (Wildman–Crippen MR) is 72.5 cm³/mol. The number of benzene rings is 1. The Kier molecular flexibility index (Phi) is 3.74. The van der Waals surface area contributed by atoms with Gasteiger partial charge in [-0.05, 0) is 43.5 Å². The van der Waals surface area contributed by atoms with Crippen molar-refractivity contribution >= 4 is 23.4 Å². The number of hydrogen-bond acceptors (Lipinski definition) is 3. The molecule has 17 heavy (non-hydrogen) atoms. The highest BCUT2D eigenvalue weighted by molar-refractivity contribution is 8.00. The van der Waals surface area contributed by atoms with Gasteiger partial charge in [-0.2, -0.15) is 0 Å². The van der Waals surface area contributed by atoms with Gasteiger partial charge in [0.1, 0.15) is 0 Å². The van der Waals surface area contributed by atoms with Gasteiger partial charge in [-0.25, -0.2) is 0 Å². The van der Waals surface area contributed by atoms with Gasteiger partial charge in [0.05, 0.1) is 10.9 Å². The molecule has 0 fully saturated rings. The summed E-state index contributed by atoms with van der Waals surface area (Å²) in [5.41, 5.74) is 7.96. The average molecular weight is 250 g/mol. The molecule has 2 unspecified atom stereocenters. The standard InChI is InChI=1S/C13H18N2OS/c1-3-9(7-14)10-4-5-11-12(6-10)17-8(2)13(16)15-11/h4-6,8-9H,3,7,14H2,1-2H3,(H,15,16). The van der Waals surface area contributed by atoms with Crippen LogP contribution in [0.2, 0.25) is 0 Å². The molecule has 1 aliphatic rings. The maximum Gasteiger partial charge on any atom is 0.237 e. The molecule has 0 spiro atoms. The van der Waals surface area contributed by atoms with Gasteiger partial charge >= 0.3 is 0 Å². The van der Waals surface area contributed by atoms with Crippen LogP contribution in [0.15, 0.2) is 23.1 Å². The number of thioether (sulfide) groups is 1. The average Bonchev–Trinajstić information content (AvgIpc) is 2.32. The minimum atomic E-state index is -0.0179. The molecular formula is C13H18N2OS. The summed E-state index contributed by atoms with van der Waals surface area (Å²) in [6.07, 6.45) is 1.04. The van der Waals surface area contributed by atoms with E-state index in [9.17, 15) is 4.79 Å².